The minimum atomic E-state index is -0.149. The van der Waals surface area contributed by atoms with Crippen LogP contribution in [0.2, 0.25) is 5.28 Å². The van der Waals surface area contributed by atoms with E-state index in [9.17, 15) is 4.79 Å². The second-order valence-electron chi connectivity index (χ2n) is 3.33. The van der Waals surface area contributed by atoms with Crippen molar-refractivity contribution in [3.63, 3.8) is 0 Å². The molecular formula is C9H11ClN4O2. The SMILES string of the molecule is COCCn1c(=O)n(C)c2cnc(Cl)nc21. The van der Waals surface area contributed by atoms with Gasteiger partial charge in [0.05, 0.1) is 19.3 Å². The van der Waals surface area contributed by atoms with Crippen molar-refractivity contribution >= 4 is 22.8 Å². The molecule has 2 rings (SSSR count). The highest BCUT2D eigenvalue weighted by Crippen LogP contribution is 2.10. The van der Waals surface area contributed by atoms with Crippen molar-refractivity contribution in [2.24, 2.45) is 7.05 Å². The third kappa shape index (κ3) is 1.70. The number of aromatic nitrogens is 4. The van der Waals surface area contributed by atoms with E-state index in [1.165, 1.54) is 15.3 Å². The van der Waals surface area contributed by atoms with Crippen LogP contribution in [0.3, 0.4) is 0 Å². The van der Waals surface area contributed by atoms with Gasteiger partial charge >= 0.3 is 5.69 Å². The van der Waals surface area contributed by atoms with Gasteiger partial charge in [-0.15, -0.1) is 0 Å². The lowest BCUT2D eigenvalue weighted by molar-refractivity contribution is 0.187. The summed E-state index contributed by atoms with van der Waals surface area (Å²) in [4.78, 5) is 19.8. The van der Waals surface area contributed by atoms with Crippen molar-refractivity contribution in [1.29, 1.82) is 0 Å². The zero-order chi connectivity index (χ0) is 11.7. The fourth-order valence-corrected chi connectivity index (χ4v) is 1.67. The summed E-state index contributed by atoms with van der Waals surface area (Å²) in [6, 6.07) is 0. The van der Waals surface area contributed by atoms with Crippen LogP contribution in [-0.4, -0.2) is 32.8 Å². The summed E-state index contributed by atoms with van der Waals surface area (Å²) in [7, 11) is 3.25. The van der Waals surface area contributed by atoms with Gasteiger partial charge in [-0.05, 0) is 11.6 Å². The van der Waals surface area contributed by atoms with Gasteiger partial charge in [0.15, 0.2) is 5.65 Å². The third-order valence-corrected chi connectivity index (χ3v) is 2.56. The summed E-state index contributed by atoms with van der Waals surface area (Å²) in [6.45, 7) is 0.890. The van der Waals surface area contributed by atoms with Crippen LogP contribution in [0.1, 0.15) is 0 Å². The first kappa shape index (κ1) is 11.1. The molecule has 0 fully saturated rings. The minimum Gasteiger partial charge on any atom is -0.383 e. The second-order valence-corrected chi connectivity index (χ2v) is 3.67. The quantitative estimate of drug-likeness (QED) is 0.733. The zero-order valence-electron chi connectivity index (χ0n) is 8.97. The maximum absolute atomic E-state index is 11.9. The largest absolute Gasteiger partial charge is 0.383 e. The number of rotatable bonds is 3. The first-order chi connectivity index (χ1) is 7.65. The summed E-state index contributed by atoms with van der Waals surface area (Å²) in [5.41, 5.74) is 1.04. The van der Waals surface area contributed by atoms with Gasteiger partial charge in [0.2, 0.25) is 5.28 Å². The molecule has 7 heteroatoms. The Labute approximate surface area is 96.4 Å². The number of imidazole rings is 1. The highest BCUT2D eigenvalue weighted by Gasteiger charge is 2.12. The fourth-order valence-electron chi connectivity index (χ4n) is 1.54. The van der Waals surface area contributed by atoms with E-state index in [-0.39, 0.29) is 11.0 Å². The normalized spacial score (nSPS) is 11.2. The molecule has 0 aliphatic heterocycles. The summed E-state index contributed by atoms with van der Waals surface area (Å²) in [5.74, 6) is 0. The number of hydrogen-bond acceptors (Lipinski definition) is 4. The Morgan fingerprint density at radius 2 is 2.31 bits per heavy atom. The van der Waals surface area contributed by atoms with E-state index in [0.717, 1.165) is 0 Å². The Morgan fingerprint density at radius 1 is 1.56 bits per heavy atom. The molecular weight excluding hydrogens is 232 g/mol. The lowest BCUT2D eigenvalue weighted by Gasteiger charge is -2.00. The average molecular weight is 243 g/mol. The van der Waals surface area contributed by atoms with E-state index in [4.69, 9.17) is 16.3 Å². The number of halogens is 1. The molecule has 2 heterocycles. The van der Waals surface area contributed by atoms with Crippen LogP contribution in [0.4, 0.5) is 0 Å². The number of aryl methyl sites for hydroxylation is 1. The lowest BCUT2D eigenvalue weighted by atomic mass is 10.5. The molecule has 86 valence electrons. The van der Waals surface area contributed by atoms with Gasteiger partial charge in [0.1, 0.15) is 5.52 Å². The molecule has 0 unspecified atom stereocenters. The number of hydrogen-bond donors (Lipinski definition) is 0. The number of ether oxygens (including phenoxy) is 1. The Balaban J connectivity index is 2.66. The summed E-state index contributed by atoms with van der Waals surface area (Å²) < 4.78 is 7.95. The molecule has 16 heavy (non-hydrogen) atoms. The number of fused-ring (bicyclic) bond motifs is 1. The standard InChI is InChI=1S/C9H11ClN4O2/c1-13-6-5-11-8(10)12-7(6)14(9(13)15)3-4-16-2/h5H,3-4H2,1-2H3. The van der Waals surface area contributed by atoms with Crippen LogP contribution in [0, 0.1) is 0 Å². The highest BCUT2D eigenvalue weighted by atomic mass is 35.5. The van der Waals surface area contributed by atoms with Gasteiger partial charge in [0, 0.05) is 14.2 Å². The first-order valence-electron chi connectivity index (χ1n) is 4.72. The van der Waals surface area contributed by atoms with Crippen molar-refractivity contribution in [3.8, 4) is 0 Å². The maximum Gasteiger partial charge on any atom is 0.330 e. The molecule has 6 nitrogen and oxygen atoms in total. The lowest BCUT2D eigenvalue weighted by Crippen LogP contribution is -2.24. The number of methoxy groups -OCH3 is 1. The molecule has 0 saturated heterocycles. The Bertz CT molecular complexity index is 575. The Morgan fingerprint density at radius 3 is 3.00 bits per heavy atom. The summed E-state index contributed by atoms with van der Waals surface area (Å²) >= 11 is 5.71. The second kappa shape index (κ2) is 4.23. The molecule has 0 aliphatic rings. The van der Waals surface area contributed by atoms with E-state index < -0.39 is 0 Å². The predicted molar refractivity (Wildman–Crippen MR) is 59.7 cm³/mol. The van der Waals surface area contributed by atoms with Crippen molar-refractivity contribution in [2.75, 3.05) is 13.7 Å². The van der Waals surface area contributed by atoms with Gasteiger partial charge in [-0.3, -0.25) is 9.13 Å². The molecule has 0 aromatic carbocycles. The average Bonchev–Trinajstić information content (AvgIpc) is 2.50. The van der Waals surface area contributed by atoms with Crippen LogP contribution >= 0.6 is 11.6 Å². The van der Waals surface area contributed by atoms with E-state index in [0.29, 0.717) is 24.3 Å². The van der Waals surface area contributed by atoms with Crippen LogP contribution in [0.5, 0.6) is 0 Å². The fraction of sp³-hybridized carbons (Fsp3) is 0.444. The van der Waals surface area contributed by atoms with Crippen molar-refractivity contribution in [3.05, 3.63) is 22.0 Å². The molecule has 0 saturated carbocycles. The van der Waals surface area contributed by atoms with Gasteiger partial charge in [0.25, 0.3) is 0 Å². The van der Waals surface area contributed by atoms with Gasteiger partial charge in [-0.1, -0.05) is 0 Å². The molecule has 0 radical (unpaired) electrons. The van der Waals surface area contributed by atoms with E-state index >= 15 is 0 Å². The maximum atomic E-state index is 11.9. The van der Waals surface area contributed by atoms with E-state index in [1.807, 2.05) is 0 Å². The van der Waals surface area contributed by atoms with Crippen LogP contribution in [0.15, 0.2) is 11.0 Å². The predicted octanol–water partition coefficient (Wildman–Crippen LogP) is 0.430. The third-order valence-electron chi connectivity index (χ3n) is 2.37. The number of nitrogens with zero attached hydrogens (tertiary/aromatic N) is 4. The van der Waals surface area contributed by atoms with Crippen LogP contribution in [0.25, 0.3) is 11.2 Å². The molecule has 2 aromatic heterocycles. The van der Waals surface area contributed by atoms with Crippen molar-refractivity contribution < 1.29 is 4.74 Å². The Hall–Kier alpha value is -1.40. The van der Waals surface area contributed by atoms with Crippen molar-refractivity contribution in [1.82, 2.24) is 19.1 Å². The molecule has 0 spiro atoms. The Kier molecular flexibility index (Phi) is 2.93. The zero-order valence-corrected chi connectivity index (χ0v) is 9.73. The molecule has 0 aliphatic carbocycles. The molecule has 0 N–H and O–H groups in total. The molecule has 2 aromatic rings. The van der Waals surface area contributed by atoms with E-state index in [1.54, 1.807) is 14.2 Å². The summed E-state index contributed by atoms with van der Waals surface area (Å²) in [5, 5.41) is 0.129. The van der Waals surface area contributed by atoms with Gasteiger partial charge in [-0.2, -0.15) is 4.98 Å². The molecule has 0 bridgehead atoms. The topological polar surface area (TPSA) is 61.9 Å². The highest BCUT2D eigenvalue weighted by molar-refractivity contribution is 6.28. The van der Waals surface area contributed by atoms with Crippen LogP contribution < -0.4 is 5.69 Å². The smallest absolute Gasteiger partial charge is 0.330 e. The monoisotopic (exact) mass is 242 g/mol. The molecule has 0 amide bonds. The minimum absolute atomic E-state index is 0.129. The van der Waals surface area contributed by atoms with Gasteiger partial charge in [-0.25, -0.2) is 9.78 Å². The van der Waals surface area contributed by atoms with Crippen molar-refractivity contribution in [2.45, 2.75) is 6.54 Å². The molecule has 0 atom stereocenters. The van der Waals surface area contributed by atoms with Crippen LogP contribution in [-0.2, 0) is 18.3 Å². The van der Waals surface area contributed by atoms with Gasteiger partial charge < -0.3 is 4.74 Å². The first-order valence-corrected chi connectivity index (χ1v) is 5.09. The summed E-state index contributed by atoms with van der Waals surface area (Å²) in [6.07, 6.45) is 1.54. The van der Waals surface area contributed by atoms with E-state index in [2.05, 4.69) is 9.97 Å².